The predicted molar refractivity (Wildman–Crippen MR) is 83.5 cm³/mol. The number of ketones is 1. The van der Waals surface area contributed by atoms with Gasteiger partial charge in [-0.25, -0.2) is 4.79 Å². The minimum Gasteiger partial charge on any atom is -0.486 e. The van der Waals surface area contributed by atoms with Gasteiger partial charge in [-0.2, -0.15) is 0 Å². The number of esters is 1. The molecule has 0 unspecified atom stereocenters. The molecule has 0 atom stereocenters. The molecule has 1 aliphatic heterocycles. The lowest BCUT2D eigenvalue weighted by molar-refractivity contribution is 0.0474. The summed E-state index contributed by atoms with van der Waals surface area (Å²) in [5, 5.41) is 0.428. The van der Waals surface area contributed by atoms with E-state index in [4.69, 9.17) is 25.8 Å². The molecule has 0 bridgehead atoms. The third kappa shape index (κ3) is 3.63. The van der Waals surface area contributed by atoms with Gasteiger partial charge < -0.3 is 14.2 Å². The molecule has 0 N–H and O–H groups in total. The van der Waals surface area contributed by atoms with E-state index in [0.29, 0.717) is 40.9 Å². The van der Waals surface area contributed by atoms with Gasteiger partial charge in [-0.1, -0.05) is 17.7 Å². The summed E-state index contributed by atoms with van der Waals surface area (Å²) < 4.78 is 15.8. The number of Topliss-reactive ketones (excluding diaryl/α,β-unsaturated/α-hetero) is 1. The molecular weight excluding hydrogens is 320 g/mol. The third-order valence-electron chi connectivity index (χ3n) is 3.26. The Morgan fingerprint density at radius 2 is 1.78 bits per heavy atom. The molecule has 2 aromatic rings. The molecule has 1 heterocycles. The Labute approximate surface area is 137 Å². The number of fused-ring (bicyclic) bond motifs is 1. The van der Waals surface area contributed by atoms with Crippen molar-refractivity contribution < 1.29 is 23.8 Å². The maximum atomic E-state index is 12.1. The first-order valence-corrected chi connectivity index (χ1v) is 7.37. The van der Waals surface area contributed by atoms with Gasteiger partial charge in [-0.3, -0.25) is 4.79 Å². The average Bonchev–Trinajstić information content (AvgIpc) is 2.59. The zero-order valence-corrected chi connectivity index (χ0v) is 12.8. The van der Waals surface area contributed by atoms with Gasteiger partial charge in [-0.05, 0) is 36.4 Å². The zero-order valence-electron chi connectivity index (χ0n) is 12.1. The van der Waals surface area contributed by atoms with Crippen LogP contribution in [0.5, 0.6) is 11.5 Å². The fourth-order valence-electron chi connectivity index (χ4n) is 2.13. The number of benzene rings is 2. The Balaban J connectivity index is 1.64. The van der Waals surface area contributed by atoms with E-state index in [1.165, 1.54) is 6.07 Å². The van der Waals surface area contributed by atoms with Gasteiger partial charge >= 0.3 is 5.97 Å². The van der Waals surface area contributed by atoms with E-state index < -0.39 is 5.97 Å². The van der Waals surface area contributed by atoms with Crippen LogP contribution in [-0.4, -0.2) is 31.6 Å². The lowest BCUT2D eigenvalue weighted by atomic mass is 10.1. The molecule has 0 amide bonds. The molecule has 6 heteroatoms. The standard InChI is InChI=1S/C17H13ClO5/c18-13-3-1-2-12(8-13)17(20)23-10-14(19)11-4-5-15-16(9-11)22-7-6-21-15/h1-5,8-9H,6-7,10H2. The molecule has 0 radical (unpaired) electrons. The lowest BCUT2D eigenvalue weighted by Crippen LogP contribution is -2.17. The van der Waals surface area contributed by atoms with Crippen molar-refractivity contribution in [2.45, 2.75) is 0 Å². The molecule has 0 fully saturated rings. The van der Waals surface area contributed by atoms with Crippen molar-refractivity contribution in [2.24, 2.45) is 0 Å². The molecule has 0 aliphatic carbocycles. The van der Waals surface area contributed by atoms with Gasteiger partial charge in [0.15, 0.2) is 23.9 Å². The predicted octanol–water partition coefficient (Wildman–Crippen LogP) is 3.15. The van der Waals surface area contributed by atoms with Gasteiger partial charge in [0.1, 0.15) is 13.2 Å². The second-order valence-electron chi connectivity index (χ2n) is 4.87. The Hall–Kier alpha value is -2.53. The highest BCUT2D eigenvalue weighted by molar-refractivity contribution is 6.30. The molecule has 0 aromatic heterocycles. The lowest BCUT2D eigenvalue weighted by Gasteiger charge is -2.18. The van der Waals surface area contributed by atoms with Crippen LogP contribution >= 0.6 is 11.6 Å². The van der Waals surface area contributed by atoms with E-state index in [0.717, 1.165) is 0 Å². The zero-order chi connectivity index (χ0) is 16.2. The summed E-state index contributed by atoms with van der Waals surface area (Å²) >= 11 is 5.81. The molecule has 118 valence electrons. The summed E-state index contributed by atoms with van der Waals surface area (Å²) in [6, 6.07) is 11.2. The fourth-order valence-corrected chi connectivity index (χ4v) is 2.32. The van der Waals surface area contributed by atoms with Gasteiger partial charge in [0.25, 0.3) is 0 Å². The van der Waals surface area contributed by atoms with Gasteiger partial charge in [0, 0.05) is 10.6 Å². The Morgan fingerprint density at radius 1 is 1.00 bits per heavy atom. The van der Waals surface area contributed by atoms with Crippen molar-refractivity contribution in [1.29, 1.82) is 0 Å². The molecule has 0 saturated carbocycles. The highest BCUT2D eigenvalue weighted by Gasteiger charge is 2.16. The van der Waals surface area contributed by atoms with Crippen LogP contribution in [0, 0.1) is 0 Å². The number of carbonyl (C=O) groups excluding carboxylic acids is 2. The molecule has 0 spiro atoms. The van der Waals surface area contributed by atoms with Crippen LogP contribution in [-0.2, 0) is 4.74 Å². The third-order valence-corrected chi connectivity index (χ3v) is 3.49. The quantitative estimate of drug-likeness (QED) is 0.635. The molecule has 1 aliphatic rings. The van der Waals surface area contributed by atoms with E-state index in [-0.39, 0.29) is 12.4 Å². The van der Waals surface area contributed by atoms with Crippen molar-refractivity contribution in [3.8, 4) is 11.5 Å². The maximum Gasteiger partial charge on any atom is 0.338 e. The molecule has 5 nitrogen and oxygen atoms in total. The molecule has 3 rings (SSSR count). The minimum absolute atomic E-state index is 0.299. The fraction of sp³-hybridized carbons (Fsp3) is 0.176. The van der Waals surface area contributed by atoms with Crippen molar-refractivity contribution in [3.05, 3.63) is 58.6 Å². The van der Waals surface area contributed by atoms with E-state index >= 15 is 0 Å². The van der Waals surface area contributed by atoms with Crippen LogP contribution < -0.4 is 9.47 Å². The van der Waals surface area contributed by atoms with Crippen LogP contribution in [0.1, 0.15) is 20.7 Å². The van der Waals surface area contributed by atoms with Crippen molar-refractivity contribution in [2.75, 3.05) is 19.8 Å². The smallest absolute Gasteiger partial charge is 0.338 e. The average molecular weight is 333 g/mol. The van der Waals surface area contributed by atoms with Crippen molar-refractivity contribution in [1.82, 2.24) is 0 Å². The largest absolute Gasteiger partial charge is 0.486 e. The van der Waals surface area contributed by atoms with Crippen LogP contribution in [0.25, 0.3) is 0 Å². The first kappa shape index (κ1) is 15.4. The monoisotopic (exact) mass is 332 g/mol. The van der Waals surface area contributed by atoms with E-state index in [1.54, 1.807) is 36.4 Å². The van der Waals surface area contributed by atoms with Gasteiger partial charge in [-0.15, -0.1) is 0 Å². The summed E-state index contributed by atoms with van der Waals surface area (Å²) in [5.41, 5.74) is 0.695. The Morgan fingerprint density at radius 3 is 2.57 bits per heavy atom. The minimum atomic E-state index is -0.599. The second-order valence-corrected chi connectivity index (χ2v) is 5.30. The highest BCUT2D eigenvalue weighted by Crippen LogP contribution is 2.30. The summed E-state index contributed by atoms with van der Waals surface area (Å²) in [6.07, 6.45) is 0. The first-order chi connectivity index (χ1) is 11.1. The van der Waals surface area contributed by atoms with Crippen LogP contribution in [0.4, 0.5) is 0 Å². The molecule has 23 heavy (non-hydrogen) atoms. The Kier molecular flexibility index (Phi) is 4.48. The summed E-state index contributed by atoms with van der Waals surface area (Å²) in [7, 11) is 0. The molecular formula is C17H13ClO5. The van der Waals surface area contributed by atoms with Gasteiger partial charge in [0.05, 0.1) is 5.56 Å². The van der Waals surface area contributed by atoms with E-state index in [1.807, 2.05) is 0 Å². The van der Waals surface area contributed by atoms with Crippen LogP contribution in [0.2, 0.25) is 5.02 Å². The Bertz CT molecular complexity index is 756. The molecule has 0 saturated heterocycles. The normalized spacial score (nSPS) is 12.6. The molecule has 2 aromatic carbocycles. The van der Waals surface area contributed by atoms with Gasteiger partial charge in [0.2, 0.25) is 0 Å². The number of rotatable bonds is 4. The van der Waals surface area contributed by atoms with Crippen molar-refractivity contribution in [3.63, 3.8) is 0 Å². The number of carbonyl (C=O) groups is 2. The topological polar surface area (TPSA) is 61.8 Å². The SMILES string of the molecule is O=C(COC(=O)c1cccc(Cl)c1)c1ccc2c(c1)OCCO2. The number of hydrogen-bond acceptors (Lipinski definition) is 5. The summed E-state index contributed by atoms with van der Waals surface area (Å²) in [4.78, 5) is 24.0. The van der Waals surface area contributed by atoms with E-state index in [9.17, 15) is 9.59 Å². The summed E-state index contributed by atoms with van der Waals surface area (Å²) in [6.45, 7) is 0.566. The van der Waals surface area contributed by atoms with Crippen LogP contribution in [0.3, 0.4) is 0 Å². The number of hydrogen-bond donors (Lipinski definition) is 0. The second kappa shape index (κ2) is 6.71. The van der Waals surface area contributed by atoms with Crippen molar-refractivity contribution >= 4 is 23.4 Å². The first-order valence-electron chi connectivity index (χ1n) is 6.99. The number of halogens is 1. The van der Waals surface area contributed by atoms with E-state index in [2.05, 4.69) is 0 Å². The maximum absolute atomic E-state index is 12.1. The highest BCUT2D eigenvalue weighted by atomic mass is 35.5. The number of ether oxygens (including phenoxy) is 3. The van der Waals surface area contributed by atoms with Crippen LogP contribution in [0.15, 0.2) is 42.5 Å². The summed E-state index contributed by atoms with van der Waals surface area (Å²) in [5.74, 6) is 0.197.